The van der Waals surface area contributed by atoms with Gasteiger partial charge in [0, 0.05) is 22.4 Å². The van der Waals surface area contributed by atoms with Gasteiger partial charge in [-0.3, -0.25) is 0 Å². The normalized spacial score (nSPS) is 12.3. The van der Waals surface area contributed by atoms with Crippen molar-refractivity contribution in [1.29, 1.82) is 0 Å². The van der Waals surface area contributed by atoms with Gasteiger partial charge >= 0.3 is 0 Å². The van der Waals surface area contributed by atoms with Gasteiger partial charge in [-0.25, -0.2) is 0 Å². The summed E-state index contributed by atoms with van der Waals surface area (Å²) in [7, 11) is 0. The van der Waals surface area contributed by atoms with Crippen molar-refractivity contribution in [2.75, 3.05) is 6.61 Å². The molecule has 20 heavy (non-hydrogen) atoms. The Morgan fingerprint density at radius 1 is 1.35 bits per heavy atom. The maximum atomic E-state index is 6.06. The zero-order chi connectivity index (χ0) is 14.4. The third kappa shape index (κ3) is 4.51. The Kier molecular flexibility index (Phi) is 5.89. The van der Waals surface area contributed by atoms with Crippen LogP contribution in [-0.4, -0.2) is 12.6 Å². The lowest BCUT2D eigenvalue weighted by Gasteiger charge is -2.14. The van der Waals surface area contributed by atoms with Gasteiger partial charge in [0.25, 0.3) is 0 Å². The Morgan fingerprint density at radius 3 is 2.90 bits per heavy atom. The first-order valence-electron chi connectivity index (χ1n) is 6.88. The zero-order valence-corrected chi connectivity index (χ0v) is 13.2. The second-order valence-electron chi connectivity index (χ2n) is 4.80. The molecule has 1 aromatic carbocycles. The first kappa shape index (κ1) is 15.4. The van der Waals surface area contributed by atoms with E-state index in [9.17, 15) is 0 Å². The fraction of sp³-hybridized carbons (Fsp3) is 0.375. The van der Waals surface area contributed by atoms with Crippen molar-refractivity contribution in [3.05, 3.63) is 51.2 Å². The summed E-state index contributed by atoms with van der Waals surface area (Å²) in [5, 5.41) is 2.82. The van der Waals surface area contributed by atoms with Gasteiger partial charge in [-0.1, -0.05) is 24.6 Å². The molecule has 1 atom stereocenters. The predicted molar refractivity (Wildman–Crippen MR) is 86.9 cm³/mol. The van der Waals surface area contributed by atoms with Crippen LogP contribution in [0.1, 0.15) is 23.8 Å². The molecule has 2 aromatic rings. The van der Waals surface area contributed by atoms with Gasteiger partial charge in [-0.15, -0.1) is 11.3 Å². The number of halogens is 1. The quantitative estimate of drug-likeness (QED) is 0.827. The lowest BCUT2D eigenvalue weighted by atomic mass is 10.0. The largest absolute Gasteiger partial charge is 0.493 e. The highest BCUT2D eigenvalue weighted by molar-refractivity contribution is 7.09. The van der Waals surface area contributed by atoms with E-state index in [0.29, 0.717) is 6.61 Å². The van der Waals surface area contributed by atoms with E-state index in [1.165, 1.54) is 4.88 Å². The second kappa shape index (κ2) is 7.67. The van der Waals surface area contributed by atoms with Gasteiger partial charge in [0.2, 0.25) is 0 Å². The molecule has 0 saturated heterocycles. The molecule has 1 aromatic heterocycles. The van der Waals surface area contributed by atoms with Crippen molar-refractivity contribution < 1.29 is 4.74 Å². The summed E-state index contributed by atoms with van der Waals surface area (Å²) in [5.41, 5.74) is 7.13. The van der Waals surface area contributed by atoms with Gasteiger partial charge in [0.05, 0.1) is 6.61 Å². The van der Waals surface area contributed by atoms with Crippen LogP contribution in [0.2, 0.25) is 5.02 Å². The number of hydrogen-bond donors (Lipinski definition) is 1. The molecule has 108 valence electrons. The van der Waals surface area contributed by atoms with E-state index in [0.717, 1.165) is 35.6 Å². The van der Waals surface area contributed by atoms with Crippen LogP contribution >= 0.6 is 22.9 Å². The van der Waals surface area contributed by atoms with Crippen LogP contribution in [0.3, 0.4) is 0 Å². The summed E-state index contributed by atoms with van der Waals surface area (Å²) in [4.78, 5) is 1.34. The molecular formula is C16H20ClNOS. The van der Waals surface area contributed by atoms with Crippen molar-refractivity contribution in [3.63, 3.8) is 0 Å². The van der Waals surface area contributed by atoms with E-state index in [4.69, 9.17) is 22.1 Å². The molecule has 1 heterocycles. The van der Waals surface area contributed by atoms with Crippen LogP contribution in [0.5, 0.6) is 5.75 Å². The molecule has 0 spiro atoms. The highest BCUT2D eigenvalue weighted by Crippen LogP contribution is 2.25. The molecule has 0 bridgehead atoms. The highest BCUT2D eigenvalue weighted by atomic mass is 35.5. The molecule has 2 N–H and O–H groups in total. The summed E-state index contributed by atoms with van der Waals surface area (Å²) in [5.74, 6) is 0.898. The number of benzene rings is 1. The van der Waals surface area contributed by atoms with Gasteiger partial charge < -0.3 is 10.5 Å². The van der Waals surface area contributed by atoms with Crippen molar-refractivity contribution in [1.82, 2.24) is 0 Å². The monoisotopic (exact) mass is 309 g/mol. The summed E-state index contributed by atoms with van der Waals surface area (Å²) >= 11 is 7.82. The molecule has 1 unspecified atom stereocenters. The molecule has 0 saturated carbocycles. The average molecular weight is 310 g/mol. The fourth-order valence-corrected chi connectivity index (χ4v) is 2.88. The molecule has 0 fully saturated rings. The smallest absolute Gasteiger partial charge is 0.122 e. The first-order chi connectivity index (χ1) is 9.69. The minimum atomic E-state index is 0.146. The van der Waals surface area contributed by atoms with Crippen molar-refractivity contribution in [3.8, 4) is 5.75 Å². The SMILES string of the molecule is CCC(N)Cc1cc(Cl)ccc1OCCc1cccs1. The number of thiophene rings is 1. The maximum absolute atomic E-state index is 6.06. The molecule has 4 heteroatoms. The molecule has 0 aliphatic rings. The number of nitrogens with two attached hydrogens (primary N) is 1. The predicted octanol–water partition coefficient (Wildman–Crippen LogP) is 4.30. The Hall–Kier alpha value is -1.03. The van der Waals surface area contributed by atoms with Crippen molar-refractivity contribution in [2.24, 2.45) is 5.73 Å². The lowest BCUT2D eigenvalue weighted by molar-refractivity contribution is 0.318. The molecule has 2 nitrogen and oxygen atoms in total. The summed E-state index contributed by atoms with van der Waals surface area (Å²) in [6.07, 6.45) is 2.67. The Balaban J connectivity index is 1.98. The second-order valence-corrected chi connectivity index (χ2v) is 6.27. The van der Waals surface area contributed by atoms with Crippen LogP contribution in [-0.2, 0) is 12.8 Å². The molecule has 0 radical (unpaired) electrons. The Bertz CT molecular complexity index is 527. The third-order valence-electron chi connectivity index (χ3n) is 3.22. The number of ether oxygens (including phenoxy) is 1. The van der Waals surface area contributed by atoms with E-state index < -0.39 is 0 Å². The summed E-state index contributed by atoms with van der Waals surface area (Å²) in [6.45, 7) is 2.77. The third-order valence-corrected chi connectivity index (χ3v) is 4.39. The van der Waals surface area contributed by atoms with Gasteiger partial charge in [0.15, 0.2) is 0 Å². The Labute approximate surface area is 129 Å². The summed E-state index contributed by atoms with van der Waals surface area (Å²) < 4.78 is 5.90. The molecular weight excluding hydrogens is 290 g/mol. The maximum Gasteiger partial charge on any atom is 0.122 e. The molecule has 0 aliphatic heterocycles. The number of rotatable bonds is 7. The minimum Gasteiger partial charge on any atom is -0.493 e. The minimum absolute atomic E-state index is 0.146. The van der Waals surface area contributed by atoms with Crippen LogP contribution in [0.25, 0.3) is 0 Å². The van der Waals surface area contributed by atoms with Crippen LogP contribution in [0.15, 0.2) is 35.7 Å². The van der Waals surface area contributed by atoms with E-state index in [1.54, 1.807) is 11.3 Å². The van der Waals surface area contributed by atoms with Gasteiger partial charge in [-0.2, -0.15) is 0 Å². The van der Waals surface area contributed by atoms with E-state index >= 15 is 0 Å². The average Bonchev–Trinajstić information content (AvgIpc) is 2.94. The standard InChI is InChI=1S/C16H20ClNOS/c1-2-14(18)11-12-10-13(17)5-6-16(12)19-8-7-15-4-3-9-20-15/h3-6,9-10,14H,2,7-8,11,18H2,1H3. The zero-order valence-electron chi connectivity index (χ0n) is 11.6. The van der Waals surface area contributed by atoms with E-state index in [2.05, 4.69) is 24.4 Å². The van der Waals surface area contributed by atoms with Crippen LogP contribution < -0.4 is 10.5 Å². The Morgan fingerprint density at radius 2 is 2.20 bits per heavy atom. The van der Waals surface area contributed by atoms with E-state index in [1.807, 2.05) is 18.2 Å². The van der Waals surface area contributed by atoms with Crippen molar-refractivity contribution >= 4 is 22.9 Å². The topological polar surface area (TPSA) is 35.2 Å². The van der Waals surface area contributed by atoms with E-state index in [-0.39, 0.29) is 6.04 Å². The van der Waals surface area contributed by atoms with Crippen LogP contribution in [0, 0.1) is 0 Å². The van der Waals surface area contributed by atoms with Crippen molar-refractivity contribution in [2.45, 2.75) is 32.2 Å². The molecule has 0 amide bonds. The van der Waals surface area contributed by atoms with Gasteiger partial charge in [-0.05, 0) is 48.1 Å². The number of hydrogen-bond acceptors (Lipinski definition) is 3. The lowest BCUT2D eigenvalue weighted by Crippen LogP contribution is -2.21. The summed E-state index contributed by atoms with van der Waals surface area (Å²) in [6, 6.07) is 10.1. The molecule has 0 aliphatic carbocycles. The van der Waals surface area contributed by atoms with Gasteiger partial charge in [0.1, 0.15) is 5.75 Å². The molecule has 2 rings (SSSR count). The first-order valence-corrected chi connectivity index (χ1v) is 8.14. The van der Waals surface area contributed by atoms with Crippen LogP contribution in [0.4, 0.5) is 0 Å². The highest BCUT2D eigenvalue weighted by Gasteiger charge is 2.09. The fourth-order valence-electron chi connectivity index (χ4n) is 1.99.